The van der Waals surface area contributed by atoms with Crippen LogP contribution < -0.4 is 5.43 Å². The van der Waals surface area contributed by atoms with Crippen LogP contribution in [-0.2, 0) is 13.0 Å². The molecule has 29 heavy (non-hydrogen) atoms. The largest absolute Gasteiger partial charge is 0.478 e. The Bertz CT molecular complexity index is 1200. The number of carbonyl (C=O) groups is 2. The third-order valence-corrected chi connectivity index (χ3v) is 5.38. The molecule has 0 spiro atoms. The van der Waals surface area contributed by atoms with Gasteiger partial charge >= 0.3 is 11.9 Å². The van der Waals surface area contributed by atoms with E-state index < -0.39 is 22.9 Å². The van der Waals surface area contributed by atoms with Crippen LogP contribution in [0.4, 0.5) is 0 Å². The molecule has 0 radical (unpaired) electrons. The fourth-order valence-corrected chi connectivity index (χ4v) is 3.55. The van der Waals surface area contributed by atoms with Crippen molar-refractivity contribution in [2.75, 3.05) is 6.61 Å². The third kappa shape index (κ3) is 3.98. The van der Waals surface area contributed by atoms with Crippen molar-refractivity contribution in [3.8, 4) is 0 Å². The molecular formula is C20H15Cl2NO6. The Balaban J connectivity index is 2.32. The van der Waals surface area contributed by atoms with Crippen LogP contribution in [0.15, 0.2) is 41.3 Å². The number of aliphatic hydroxyl groups is 1. The Hall–Kier alpha value is -2.87. The molecule has 0 aliphatic carbocycles. The summed E-state index contributed by atoms with van der Waals surface area (Å²) in [6.45, 7) is -0.325. The van der Waals surface area contributed by atoms with Gasteiger partial charge in [-0.15, -0.1) is 0 Å². The van der Waals surface area contributed by atoms with Crippen molar-refractivity contribution in [3.63, 3.8) is 0 Å². The maximum absolute atomic E-state index is 12.7. The molecule has 0 saturated carbocycles. The molecule has 3 rings (SSSR count). The number of aromatic carboxylic acids is 2. The summed E-state index contributed by atoms with van der Waals surface area (Å²) in [4.78, 5) is 36.0. The average Bonchev–Trinajstić information content (AvgIpc) is 2.67. The highest BCUT2D eigenvalue weighted by molar-refractivity contribution is 6.42. The van der Waals surface area contributed by atoms with Crippen LogP contribution in [0.1, 0.15) is 31.8 Å². The van der Waals surface area contributed by atoms with Crippen LogP contribution in [0.2, 0.25) is 10.0 Å². The number of hydrogen-bond donors (Lipinski definition) is 3. The van der Waals surface area contributed by atoms with Crippen LogP contribution in [0, 0.1) is 0 Å². The quantitative estimate of drug-likeness (QED) is 0.546. The lowest BCUT2D eigenvalue weighted by atomic mass is 9.96. The average molecular weight is 436 g/mol. The summed E-state index contributed by atoms with van der Waals surface area (Å²) < 4.78 is 1.35. The van der Waals surface area contributed by atoms with E-state index >= 15 is 0 Å². The summed E-state index contributed by atoms with van der Waals surface area (Å²) in [5.41, 5.74) is -0.219. The van der Waals surface area contributed by atoms with Crippen LogP contribution in [0.25, 0.3) is 10.9 Å². The van der Waals surface area contributed by atoms with Gasteiger partial charge in [0.05, 0.1) is 27.7 Å². The zero-order valence-corrected chi connectivity index (χ0v) is 16.4. The minimum absolute atomic E-state index is 0.00438. The fraction of sp³-hybridized carbons (Fsp3) is 0.150. The van der Waals surface area contributed by atoms with Gasteiger partial charge < -0.3 is 19.9 Å². The van der Waals surface area contributed by atoms with Crippen molar-refractivity contribution in [1.82, 2.24) is 4.57 Å². The second-order valence-corrected chi connectivity index (χ2v) is 7.10. The smallest absolute Gasteiger partial charge is 0.341 e. The van der Waals surface area contributed by atoms with Crippen molar-refractivity contribution in [2.24, 2.45) is 0 Å². The lowest BCUT2D eigenvalue weighted by Crippen LogP contribution is -2.20. The molecule has 0 amide bonds. The molecule has 3 aromatic rings. The van der Waals surface area contributed by atoms with Gasteiger partial charge in [-0.1, -0.05) is 35.3 Å². The van der Waals surface area contributed by atoms with E-state index in [2.05, 4.69) is 0 Å². The number of nitrogens with zero attached hydrogens (tertiary/aromatic N) is 1. The predicted octanol–water partition coefficient (Wildman–Crippen LogP) is 3.29. The zero-order valence-electron chi connectivity index (χ0n) is 14.9. The molecule has 1 heterocycles. The highest BCUT2D eigenvalue weighted by Crippen LogP contribution is 2.29. The first-order valence-electron chi connectivity index (χ1n) is 8.45. The summed E-state index contributed by atoms with van der Waals surface area (Å²) in [7, 11) is 0. The van der Waals surface area contributed by atoms with Crippen molar-refractivity contribution < 1.29 is 24.9 Å². The summed E-state index contributed by atoms with van der Waals surface area (Å²) in [5, 5.41) is 28.9. The minimum Gasteiger partial charge on any atom is -0.478 e. The van der Waals surface area contributed by atoms with Gasteiger partial charge in [0.1, 0.15) is 5.56 Å². The Morgan fingerprint density at radius 3 is 2.31 bits per heavy atom. The Labute approximate surface area is 174 Å². The van der Waals surface area contributed by atoms with Crippen molar-refractivity contribution >= 4 is 46.0 Å². The summed E-state index contributed by atoms with van der Waals surface area (Å²) >= 11 is 12.2. The number of carboxylic acid groups (broad SMARTS) is 2. The van der Waals surface area contributed by atoms with E-state index in [1.807, 2.05) is 0 Å². The first kappa shape index (κ1) is 20.9. The summed E-state index contributed by atoms with van der Waals surface area (Å²) in [6, 6.07) is 7.61. The van der Waals surface area contributed by atoms with Crippen LogP contribution in [0.3, 0.4) is 0 Å². The standard InChI is InChI=1S/C20H15Cl2NO6/c21-15-3-1-2-10(17(15)22)6-11-7-13-16(8-12(11)19(26)27)23(4-5-24)9-14(18(13)25)20(28)29/h1-3,7-9,24H,4-6H2,(H,26,27)(H,28,29). The summed E-state index contributed by atoms with van der Waals surface area (Å²) in [6.07, 6.45) is 1.18. The van der Waals surface area contributed by atoms with Gasteiger partial charge in [-0.05, 0) is 35.7 Å². The van der Waals surface area contributed by atoms with Gasteiger partial charge in [0.25, 0.3) is 0 Å². The topological polar surface area (TPSA) is 117 Å². The molecule has 7 nitrogen and oxygen atoms in total. The van der Waals surface area contributed by atoms with E-state index in [9.17, 15) is 29.7 Å². The lowest BCUT2D eigenvalue weighted by Gasteiger charge is -2.15. The SMILES string of the molecule is O=C(O)c1cc2c(cc1Cc1cccc(Cl)c1Cl)c(=O)c(C(=O)O)cn2CCO. The van der Waals surface area contributed by atoms with E-state index in [-0.39, 0.29) is 46.6 Å². The van der Waals surface area contributed by atoms with E-state index in [4.69, 9.17) is 23.2 Å². The minimum atomic E-state index is -1.41. The van der Waals surface area contributed by atoms with E-state index in [1.54, 1.807) is 18.2 Å². The monoisotopic (exact) mass is 435 g/mol. The fourth-order valence-electron chi connectivity index (χ4n) is 3.16. The lowest BCUT2D eigenvalue weighted by molar-refractivity contribution is 0.0683. The molecule has 0 saturated heterocycles. The molecule has 0 fully saturated rings. The number of aromatic nitrogens is 1. The van der Waals surface area contributed by atoms with Crippen LogP contribution >= 0.6 is 23.2 Å². The second-order valence-electron chi connectivity index (χ2n) is 6.32. The second kappa shape index (κ2) is 8.24. The number of aliphatic hydroxyl groups excluding tert-OH is 1. The molecule has 2 aromatic carbocycles. The maximum atomic E-state index is 12.7. The Morgan fingerprint density at radius 2 is 1.69 bits per heavy atom. The van der Waals surface area contributed by atoms with Gasteiger partial charge in [-0.25, -0.2) is 9.59 Å². The first-order valence-corrected chi connectivity index (χ1v) is 9.20. The first-order chi connectivity index (χ1) is 13.7. The number of fused-ring (bicyclic) bond motifs is 1. The van der Waals surface area contributed by atoms with Gasteiger partial charge in [0, 0.05) is 18.1 Å². The number of benzene rings is 2. The molecule has 1 aromatic heterocycles. The molecule has 0 atom stereocenters. The molecule has 0 aliphatic heterocycles. The van der Waals surface area contributed by atoms with Crippen molar-refractivity contribution in [3.05, 3.63) is 79.1 Å². The molecule has 9 heteroatoms. The molecular weight excluding hydrogens is 421 g/mol. The number of hydrogen-bond acceptors (Lipinski definition) is 4. The molecule has 150 valence electrons. The molecule has 0 bridgehead atoms. The van der Waals surface area contributed by atoms with E-state index in [0.29, 0.717) is 10.6 Å². The van der Waals surface area contributed by atoms with Crippen LogP contribution in [-0.4, -0.2) is 38.4 Å². The third-order valence-electron chi connectivity index (χ3n) is 4.52. The van der Waals surface area contributed by atoms with Crippen LogP contribution in [0.5, 0.6) is 0 Å². The summed E-state index contributed by atoms with van der Waals surface area (Å²) in [5.74, 6) is -2.63. The van der Waals surface area contributed by atoms with Gasteiger partial charge in [0.2, 0.25) is 5.43 Å². The Kier molecular flexibility index (Phi) is 5.93. The molecule has 0 aliphatic rings. The highest BCUT2D eigenvalue weighted by Gasteiger charge is 2.20. The number of carboxylic acids is 2. The van der Waals surface area contributed by atoms with Gasteiger partial charge in [-0.3, -0.25) is 4.79 Å². The highest BCUT2D eigenvalue weighted by atomic mass is 35.5. The molecule has 3 N–H and O–H groups in total. The van der Waals surface area contributed by atoms with Gasteiger partial charge in [0.15, 0.2) is 0 Å². The zero-order chi connectivity index (χ0) is 21.3. The van der Waals surface area contributed by atoms with E-state index in [1.165, 1.54) is 16.7 Å². The van der Waals surface area contributed by atoms with Gasteiger partial charge in [-0.2, -0.15) is 0 Å². The molecule has 0 unspecified atom stereocenters. The van der Waals surface area contributed by atoms with Crippen molar-refractivity contribution in [1.29, 1.82) is 0 Å². The van der Waals surface area contributed by atoms with Crippen molar-refractivity contribution in [2.45, 2.75) is 13.0 Å². The Morgan fingerprint density at radius 1 is 1.00 bits per heavy atom. The maximum Gasteiger partial charge on any atom is 0.341 e. The van der Waals surface area contributed by atoms with E-state index in [0.717, 1.165) is 6.20 Å². The number of rotatable bonds is 6. The number of halogens is 2. The normalized spacial score (nSPS) is 11.0. The number of pyridine rings is 1. The predicted molar refractivity (Wildman–Crippen MR) is 108 cm³/mol.